The molecular formula is C31H36N2O3S. The van der Waals surface area contributed by atoms with Gasteiger partial charge in [0.15, 0.2) is 0 Å². The number of nitrogens with one attached hydrogen (secondary N) is 2. The van der Waals surface area contributed by atoms with E-state index >= 15 is 0 Å². The van der Waals surface area contributed by atoms with E-state index in [-0.39, 0.29) is 28.9 Å². The number of carbonyl (C=O) groups is 2. The summed E-state index contributed by atoms with van der Waals surface area (Å²) in [6.45, 7) is 13.3. The number of fused-ring (bicyclic) bond motifs is 3. The fourth-order valence-electron chi connectivity index (χ4n) is 5.20. The minimum Gasteiger partial charge on any atom is -0.423 e. The van der Waals surface area contributed by atoms with E-state index in [1.807, 2.05) is 24.3 Å². The Labute approximate surface area is 223 Å². The Hall–Kier alpha value is -3.12. The molecule has 5 nitrogen and oxygen atoms in total. The van der Waals surface area contributed by atoms with Crippen LogP contribution in [0.5, 0.6) is 5.75 Å². The first-order valence-corrected chi connectivity index (χ1v) is 13.9. The molecule has 1 aliphatic carbocycles. The third-order valence-electron chi connectivity index (χ3n) is 7.68. The van der Waals surface area contributed by atoms with E-state index in [0.29, 0.717) is 17.2 Å². The minimum absolute atomic E-state index is 0.0142. The number of hydrogen-bond acceptors (Lipinski definition) is 5. The van der Waals surface area contributed by atoms with Gasteiger partial charge in [-0.1, -0.05) is 65.8 Å². The Kier molecular flexibility index (Phi) is 6.43. The maximum Gasteiger partial charge on any atom is 0.343 e. The average Bonchev–Trinajstić information content (AvgIpc) is 3.22. The summed E-state index contributed by atoms with van der Waals surface area (Å²) in [5.41, 5.74) is 4.93. The summed E-state index contributed by atoms with van der Waals surface area (Å²) in [5, 5.41) is 7.62. The summed E-state index contributed by atoms with van der Waals surface area (Å²) in [6.07, 6.45) is 2.79. The molecule has 2 heterocycles. The van der Waals surface area contributed by atoms with Crippen molar-refractivity contribution < 1.29 is 14.3 Å². The van der Waals surface area contributed by atoms with Gasteiger partial charge in [0, 0.05) is 4.88 Å². The van der Waals surface area contributed by atoms with Crippen LogP contribution in [-0.4, -0.2) is 11.9 Å². The van der Waals surface area contributed by atoms with Gasteiger partial charge in [-0.15, -0.1) is 11.3 Å². The second kappa shape index (κ2) is 9.32. The van der Waals surface area contributed by atoms with Crippen LogP contribution >= 0.6 is 11.3 Å². The first-order chi connectivity index (χ1) is 17.4. The molecule has 0 bridgehead atoms. The Bertz CT molecular complexity index is 1330. The quantitative estimate of drug-likeness (QED) is 0.284. The predicted octanol–water partition coefficient (Wildman–Crippen LogP) is 7.27. The molecule has 0 saturated heterocycles. The van der Waals surface area contributed by atoms with Crippen molar-refractivity contribution in [2.45, 2.75) is 72.4 Å². The number of rotatable bonds is 3. The molecule has 6 heteroatoms. The van der Waals surface area contributed by atoms with Gasteiger partial charge in [-0.05, 0) is 77.0 Å². The van der Waals surface area contributed by atoms with Crippen LogP contribution in [0.25, 0.3) is 0 Å². The molecule has 2 unspecified atom stereocenters. The third-order valence-corrected chi connectivity index (χ3v) is 8.86. The zero-order chi connectivity index (χ0) is 26.5. The molecule has 2 aliphatic rings. The molecule has 0 fully saturated rings. The summed E-state index contributed by atoms with van der Waals surface area (Å²) < 4.78 is 5.59. The summed E-state index contributed by atoms with van der Waals surface area (Å²) in [5.74, 6) is 0.696. The van der Waals surface area contributed by atoms with E-state index in [4.69, 9.17) is 4.74 Å². The normalized spacial score (nSPS) is 19.4. The number of hydrogen-bond donors (Lipinski definition) is 2. The van der Waals surface area contributed by atoms with Crippen LogP contribution in [0.2, 0.25) is 0 Å². The van der Waals surface area contributed by atoms with Crippen molar-refractivity contribution in [2.75, 3.05) is 5.32 Å². The Morgan fingerprint density at radius 2 is 1.62 bits per heavy atom. The van der Waals surface area contributed by atoms with Crippen molar-refractivity contribution in [3.63, 3.8) is 0 Å². The smallest absolute Gasteiger partial charge is 0.343 e. The molecule has 37 heavy (non-hydrogen) atoms. The third kappa shape index (κ3) is 5.17. The van der Waals surface area contributed by atoms with Gasteiger partial charge < -0.3 is 15.4 Å². The van der Waals surface area contributed by atoms with E-state index < -0.39 is 0 Å². The minimum atomic E-state index is -0.389. The van der Waals surface area contributed by atoms with Gasteiger partial charge in [0.1, 0.15) is 16.9 Å². The molecule has 194 valence electrons. The summed E-state index contributed by atoms with van der Waals surface area (Å²) >= 11 is 1.73. The summed E-state index contributed by atoms with van der Waals surface area (Å²) in [4.78, 5) is 27.1. The summed E-state index contributed by atoms with van der Waals surface area (Å²) in [6, 6.07) is 14.9. The number of esters is 1. The highest BCUT2D eigenvalue weighted by atomic mass is 32.1. The Morgan fingerprint density at radius 1 is 0.946 bits per heavy atom. The molecule has 1 amide bonds. The number of benzene rings is 2. The van der Waals surface area contributed by atoms with Gasteiger partial charge in [0.25, 0.3) is 5.91 Å². The molecule has 0 radical (unpaired) electrons. The molecule has 0 saturated carbocycles. The molecular weight excluding hydrogens is 480 g/mol. The van der Waals surface area contributed by atoms with E-state index in [2.05, 4.69) is 52.2 Å². The van der Waals surface area contributed by atoms with Crippen LogP contribution < -0.4 is 15.4 Å². The average molecular weight is 517 g/mol. The van der Waals surface area contributed by atoms with E-state index in [1.54, 1.807) is 35.6 Å². The van der Waals surface area contributed by atoms with Gasteiger partial charge in [-0.2, -0.15) is 0 Å². The highest BCUT2D eigenvalue weighted by molar-refractivity contribution is 7.16. The lowest BCUT2D eigenvalue weighted by Crippen LogP contribution is -2.38. The van der Waals surface area contributed by atoms with E-state index in [1.165, 1.54) is 16.0 Å². The molecule has 2 N–H and O–H groups in total. The SMILES string of the molecule is CC(C)(C)c1ccc(C(=O)Oc2ccc(C3NC(=O)c4c(sc5c4CCC(C(C)(C)C)C5)N3)cc2)cc1. The Balaban J connectivity index is 1.27. The van der Waals surface area contributed by atoms with Gasteiger partial charge >= 0.3 is 5.97 Å². The second-order valence-electron chi connectivity index (χ2n) is 12.4. The van der Waals surface area contributed by atoms with Crippen LogP contribution in [0.15, 0.2) is 48.5 Å². The van der Waals surface area contributed by atoms with Gasteiger partial charge in [-0.3, -0.25) is 4.79 Å². The standard InChI is InChI=1S/C31H36N2O3S/c1-30(2,3)20-11-7-19(8-12-20)29(35)36-22-14-9-18(10-15-22)26-32-27(34)25-23-16-13-21(31(4,5)6)17-24(23)37-28(25)33-26/h7-12,14-15,21,26,33H,13,16-17H2,1-6H3,(H,32,34). The van der Waals surface area contributed by atoms with Crippen LogP contribution in [-0.2, 0) is 18.3 Å². The number of thiophene rings is 1. The van der Waals surface area contributed by atoms with Crippen molar-refractivity contribution in [3.05, 3.63) is 81.2 Å². The molecule has 2 atom stereocenters. The topological polar surface area (TPSA) is 67.4 Å². The predicted molar refractivity (Wildman–Crippen MR) is 150 cm³/mol. The van der Waals surface area contributed by atoms with Crippen molar-refractivity contribution in [3.8, 4) is 5.75 Å². The fourth-order valence-corrected chi connectivity index (χ4v) is 6.56. The molecule has 2 aromatic carbocycles. The first kappa shape index (κ1) is 25.5. The van der Waals surface area contributed by atoms with Crippen LogP contribution in [0.4, 0.5) is 5.00 Å². The highest BCUT2D eigenvalue weighted by Crippen LogP contribution is 2.46. The maximum atomic E-state index is 13.1. The number of anilines is 1. The monoisotopic (exact) mass is 516 g/mol. The highest BCUT2D eigenvalue weighted by Gasteiger charge is 2.36. The van der Waals surface area contributed by atoms with Gasteiger partial charge in [0.2, 0.25) is 0 Å². The fraction of sp³-hybridized carbons (Fsp3) is 0.419. The molecule has 1 aromatic heterocycles. The zero-order valence-electron chi connectivity index (χ0n) is 22.5. The largest absolute Gasteiger partial charge is 0.423 e. The lowest BCUT2D eigenvalue weighted by atomic mass is 9.72. The summed E-state index contributed by atoms with van der Waals surface area (Å²) in [7, 11) is 0. The molecule has 1 aliphatic heterocycles. The van der Waals surface area contributed by atoms with Crippen LogP contribution in [0.1, 0.15) is 96.4 Å². The Morgan fingerprint density at radius 3 is 2.24 bits per heavy atom. The molecule has 0 spiro atoms. The zero-order valence-corrected chi connectivity index (χ0v) is 23.3. The van der Waals surface area contributed by atoms with Crippen molar-refractivity contribution in [1.29, 1.82) is 0 Å². The van der Waals surface area contributed by atoms with Gasteiger partial charge in [0.05, 0.1) is 11.1 Å². The first-order valence-electron chi connectivity index (χ1n) is 13.0. The van der Waals surface area contributed by atoms with Gasteiger partial charge in [-0.25, -0.2) is 4.79 Å². The molecule has 5 rings (SSSR count). The number of ether oxygens (including phenoxy) is 1. The van der Waals surface area contributed by atoms with Crippen LogP contribution in [0.3, 0.4) is 0 Å². The van der Waals surface area contributed by atoms with Crippen molar-refractivity contribution in [1.82, 2.24) is 5.32 Å². The van der Waals surface area contributed by atoms with E-state index in [9.17, 15) is 9.59 Å². The molecule has 3 aromatic rings. The van der Waals surface area contributed by atoms with Crippen LogP contribution in [0, 0.1) is 11.3 Å². The van der Waals surface area contributed by atoms with Crippen molar-refractivity contribution in [2.24, 2.45) is 11.3 Å². The maximum absolute atomic E-state index is 13.1. The lowest BCUT2D eigenvalue weighted by Gasteiger charge is -2.34. The van der Waals surface area contributed by atoms with E-state index in [0.717, 1.165) is 35.4 Å². The number of amides is 1. The van der Waals surface area contributed by atoms with Crippen molar-refractivity contribution >= 4 is 28.2 Å². The second-order valence-corrected chi connectivity index (χ2v) is 13.5. The lowest BCUT2D eigenvalue weighted by molar-refractivity contribution is 0.0734. The number of carbonyl (C=O) groups excluding carboxylic acids is 2.